The van der Waals surface area contributed by atoms with Gasteiger partial charge < -0.3 is 4.57 Å². The Bertz CT molecular complexity index is 2480. The van der Waals surface area contributed by atoms with Crippen molar-refractivity contribution < 1.29 is 0 Å². The summed E-state index contributed by atoms with van der Waals surface area (Å²) in [6, 6.07) is 49.2. The summed E-state index contributed by atoms with van der Waals surface area (Å²) >= 11 is 0. The zero-order valence-electron chi connectivity index (χ0n) is 24.3. The molecule has 45 heavy (non-hydrogen) atoms. The summed E-state index contributed by atoms with van der Waals surface area (Å²) in [4.78, 5) is 14.3. The van der Waals surface area contributed by atoms with Crippen LogP contribution in [-0.2, 0) is 0 Å². The fourth-order valence-electron chi connectivity index (χ4n) is 6.65. The van der Waals surface area contributed by atoms with E-state index in [2.05, 4.69) is 136 Å². The van der Waals surface area contributed by atoms with E-state index in [9.17, 15) is 0 Å². The highest BCUT2D eigenvalue weighted by Crippen LogP contribution is 2.38. The molecule has 0 aliphatic carbocycles. The number of hydrogen-bond donors (Lipinski definition) is 0. The molecule has 5 aromatic carbocycles. The van der Waals surface area contributed by atoms with Crippen molar-refractivity contribution in [2.75, 3.05) is 0 Å². The largest absolute Gasteiger partial charge is 0.308 e. The Morgan fingerprint density at radius 2 is 1.16 bits per heavy atom. The van der Waals surface area contributed by atoms with Crippen molar-refractivity contribution in [1.29, 1.82) is 0 Å². The lowest BCUT2D eigenvalue weighted by atomic mass is 9.94. The van der Waals surface area contributed by atoms with Gasteiger partial charge in [-0.05, 0) is 87.3 Å². The van der Waals surface area contributed by atoms with Crippen molar-refractivity contribution in [1.82, 2.24) is 19.5 Å². The normalized spacial score (nSPS) is 11.6. The van der Waals surface area contributed by atoms with Crippen molar-refractivity contribution in [2.24, 2.45) is 0 Å². The van der Waals surface area contributed by atoms with Crippen LogP contribution >= 0.6 is 0 Å². The molecule has 0 spiro atoms. The first-order valence-corrected chi connectivity index (χ1v) is 15.1. The molecule has 0 amide bonds. The van der Waals surface area contributed by atoms with Gasteiger partial charge in [0.25, 0.3) is 0 Å². The topological polar surface area (TPSA) is 43.6 Å². The quantitative estimate of drug-likeness (QED) is 0.196. The van der Waals surface area contributed by atoms with Crippen molar-refractivity contribution in [3.63, 3.8) is 0 Å². The zero-order valence-corrected chi connectivity index (χ0v) is 24.3. The third kappa shape index (κ3) is 4.19. The van der Waals surface area contributed by atoms with Crippen LogP contribution in [0.25, 0.3) is 82.8 Å². The molecule has 0 unspecified atom stereocenters. The lowest BCUT2D eigenvalue weighted by Crippen LogP contribution is -1.95. The minimum absolute atomic E-state index is 0.845. The number of para-hydroxylation sites is 1. The second kappa shape index (κ2) is 10.2. The predicted molar refractivity (Wildman–Crippen MR) is 185 cm³/mol. The lowest BCUT2D eigenvalue weighted by Gasteiger charge is -2.14. The Hall–Kier alpha value is -6.13. The van der Waals surface area contributed by atoms with Crippen molar-refractivity contribution in [3.05, 3.63) is 158 Å². The van der Waals surface area contributed by atoms with Crippen LogP contribution in [0.1, 0.15) is 0 Å². The van der Waals surface area contributed by atoms with Crippen LogP contribution in [0, 0.1) is 0 Å². The maximum atomic E-state index is 5.21. The van der Waals surface area contributed by atoms with Crippen LogP contribution in [0.5, 0.6) is 0 Å². The summed E-state index contributed by atoms with van der Waals surface area (Å²) in [5, 5.41) is 7.27. The fraction of sp³-hybridized carbons (Fsp3) is 0. The Kier molecular flexibility index (Phi) is 5.78. The molecule has 0 N–H and O–H groups in total. The molecule has 0 bridgehead atoms. The van der Waals surface area contributed by atoms with Gasteiger partial charge in [-0.15, -0.1) is 0 Å². The van der Waals surface area contributed by atoms with Gasteiger partial charge in [0.1, 0.15) is 0 Å². The number of benzene rings is 5. The predicted octanol–water partition coefficient (Wildman–Crippen LogP) is 10.3. The van der Waals surface area contributed by atoms with Crippen LogP contribution in [0.3, 0.4) is 0 Å². The van der Waals surface area contributed by atoms with Crippen molar-refractivity contribution in [2.45, 2.75) is 0 Å². The van der Waals surface area contributed by atoms with Crippen LogP contribution in [-0.4, -0.2) is 19.5 Å². The molecule has 0 saturated heterocycles. The molecule has 9 aromatic rings. The van der Waals surface area contributed by atoms with Gasteiger partial charge in [0.2, 0.25) is 0 Å². The monoisotopic (exact) mass is 574 g/mol. The van der Waals surface area contributed by atoms with Gasteiger partial charge in [0.05, 0.1) is 34.3 Å². The standard InChI is InChI=1S/C41H26N4/c1-2-10-31-28(9-1)23-36(33-12-4-3-11-32(31)33)38-24-29(25-39(44-38)37-14-7-8-21-43-37)27-16-18-30(19-17-27)45-40-15-6-5-13-34(40)35-20-22-42-26-41(35)45/h1-26H. The number of fused-ring (bicyclic) bond motifs is 6. The first-order valence-electron chi connectivity index (χ1n) is 15.1. The summed E-state index contributed by atoms with van der Waals surface area (Å²) < 4.78 is 2.29. The molecule has 0 radical (unpaired) electrons. The fourth-order valence-corrected chi connectivity index (χ4v) is 6.65. The second-order valence-corrected chi connectivity index (χ2v) is 11.3. The molecule has 0 fully saturated rings. The molecular formula is C41H26N4. The van der Waals surface area contributed by atoms with Gasteiger partial charge in [-0.1, -0.05) is 84.9 Å². The van der Waals surface area contributed by atoms with Crippen molar-refractivity contribution >= 4 is 43.4 Å². The van der Waals surface area contributed by atoms with Gasteiger partial charge in [-0.25, -0.2) is 4.98 Å². The van der Waals surface area contributed by atoms with E-state index in [1.165, 1.54) is 37.8 Å². The summed E-state index contributed by atoms with van der Waals surface area (Å²) in [6.07, 6.45) is 5.64. The molecule has 0 aliphatic rings. The molecule has 4 aromatic heterocycles. The third-order valence-corrected chi connectivity index (χ3v) is 8.73. The molecule has 4 nitrogen and oxygen atoms in total. The Labute approximate surface area is 259 Å². The lowest BCUT2D eigenvalue weighted by molar-refractivity contribution is 1.17. The van der Waals surface area contributed by atoms with Gasteiger partial charge >= 0.3 is 0 Å². The minimum Gasteiger partial charge on any atom is -0.308 e. The second-order valence-electron chi connectivity index (χ2n) is 11.3. The molecule has 0 aliphatic heterocycles. The number of rotatable bonds is 4. The first-order chi connectivity index (χ1) is 22.3. The molecule has 0 atom stereocenters. The number of aromatic nitrogens is 4. The van der Waals surface area contributed by atoms with Gasteiger partial charge in [0, 0.05) is 34.4 Å². The van der Waals surface area contributed by atoms with E-state index < -0.39 is 0 Å². The maximum absolute atomic E-state index is 5.21. The van der Waals surface area contributed by atoms with Crippen LogP contribution in [0.15, 0.2) is 158 Å². The molecule has 9 rings (SSSR count). The maximum Gasteiger partial charge on any atom is 0.0899 e. The average Bonchev–Trinajstić information content (AvgIpc) is 3.46. The molecule has 4 heterocycles. The van der Waals surface area contributed by atoms with E-state index in [0.29, 0.717) is 0 Å². The first kappa shape index (κ1) is 25.4. The highest BCUT2D eigenvalue weighted by Gasteiger charge is 2.15. The van der Waals surface area contributed by atoms with E-state index >= 15 is 0 Å². The Morgan fingerprint density at radius 1 is 0.444 bits per heavy atom. The molecule has 0 saturated carbocycles. The molecule has 210 valence electrons. The third-order valence-electron chi connectivity index (χ3n) is 8.73. The van der Waals surface area contributed by atoms with Gasteiger partial charge in [0.15, 0.2) is 0 Å². The highest BCUT2D eigenvalue weighted by molar-refractivity contribution is 6.13. The minimum atomic E-state index is 0.845. The smallest absolute Gasteiger partial charge is 0.0899 e. The molecule has 4 heteroatoms. The summed E-state index contributed by atoms with van der Waals surface area (Å²) in [5.74, 6) is 0. The van der Waals surface area contributed by atoms with Crippen molar-refractivity contribution in [3.8, 4) is 39.5 Å². The van der Waals surface area contributed by atoms with E-state index in [-0.39, 0.29) is 0 Å². The van der Waals surface area contributed by atoms with E-state index in [0.717, 1.165) is 45.0 Å². The van der Waals surface area contributed by atoms with E-state index in [1.807, 2.05) is 36.8 Å². The average molecular weight is 575 g/mol. The SMILES string of the molecule is c1ccc(-c2cc(-c3ccc(-n4c5ccccc5c5ccncc54)cc3)cc(-c3cc4ccccc4c4ccccc34)n2)nc1. The number of hydrogen-bond acceptors (Lipinski definition) is 3. The van der Waals surface area contributed by atoms with Crippen LogP contribution < -0.4 is 0 Å². The van der Waals surface area contributed by atoms with Crippen LogP contribution in [0.2, 0.25) is 0 Å². The summed E-state index contributed by atoms with van der Waals surface area (Å²) in [7, 11) is 0. The van der Waals surface area contributed by atoms with Gasteiger partial charge in [-0.2, -0.15) is 0 Å². The zero-order chi connectivity index (χ0) is 29.7. The summed E-state index contributed by atoms with van der Waals surface area (Å²) in [6.45, 7) is 0. The van der Waals surface area contributed by atoms with E-state index in [1.54, 1.807) is 0 Å². The number of nitrogens with zero attached hydrogens (tertiary/aromatic N) is 4. The molecular weight excluding hydrogens is 548 g/mol. The number of pyridine rings is 3. The summed E-state index contributed by atoms with van der Waals surface area (Å²) in [5.41, 5.74) is 9.29. The van der Waals surface area contributed by atoms with Crippen LogP contribution in [0.4, 0.5) is 0 Å². The van der Waals surface area contributed by atoms with E-state index in [4.69, 9.17) is 4.98 Å². The van der Waals surface area contributed by atoms with Gasteiger partial charge in [-0.3, -0.25) is 9.97 Å². The Morgan fingerprint density at radius 3 is 2.00 bits per heavy atom. The Balaban J connectivity index is 1.23. The highest BCUT2D eigenvalue weighted by atomic mass is 15.0.